The number of thiophene rings is 1. The SMILES string of the molecule is CCN(CC)P(=O)(c1sc2nc[nH]c(=O)c2c1-c1ccccc1)N(CC)CC. The van der Waals surface area contributed by atoms with Gasteiger partial charge in [0.2, 0.25) is 0 Å². The maximum atomic E-state index is 14.7. The molecule has 1 aromatic carbocycles. The van der Waals surface area contributed by atoms with E-state index in [9.17, 15) is 9.36 Å². The quantitative estimate of drug-likeness (QED) is 0.557. The first kappa shape index (κ1) is 20.9. The number of H-pyrrole nitrogens is 1. The number of aromatic nitrogens is 2. The van der Waals surface area contributed by atoms with Crippen molar-refractivity contribution in [3.63, 3.8) is 0 Å². The van der Waals surface area contributed by atoms with E-state index in [2.05, 4.69) is 9.97 Å². The topological polar surface area (TPSA) is 69.3 Å². The fraction of sp³-hybridized carbons (Fsp3) is 0.400. The van der Waals surface area contributed by atoms with Crippen molar-refractivity contribution in [2.75, 3.05) is 26.2 Å². The molecule has 0 atom stereocenters. The number of fused-ring (bicyclic) bond motifs is 1. The standard InChI is InChI=1S/C20H27N4O2PS/c1-5-23(6-2)27(26,24(7-3)8-4)20-16(15-12-10-9-11-13-15)17-18(25)21-14-22-19(17)28-20/h9-14H,5-8H2,1-4H3,(H,21,22,25). The van der Waals surface area contributed by atoms with Crippen molar-refractivity contribution in [1.29, 1.82) is 0 Å². The third kappa shape index (κ3) is 3.37. The van der Waals surface area contributed by atoms with Crippen LogP contribution in [-0.2, 0) is 4.57 Å². The van der Waals surface area contributed by atoms with Gasteiger partial charge in [0.1, 0.15) is 9.45 Å². The summed E-state index contributed by atoms with van der Waals surface area (Å²) in [6, 6.07) is 9.74. The predicted molar refractivity (Wildman–Crippen MR) is 119 cm³/mol. The van der Waals surface area contributed by atoms with E-state index >= 15 is 0 Å². The normalized spacial score (nSPS) is 12.4. The Labute approximate surface area is 169 Å². The summed E-state index contributed by atoms with van der Waals surface area (Å²) in [6.45, 7) is 10.8. The molecule has 2 aromatic heterocycles. The van der Waals surface area contributed by atoms with Crippen molar-refractivity contribution >= 4 is 33.6 Å². The van der Waals surface area contributed by atoms with Gasteiger partial charge in [-0.15, -0.1) is 11.3 Å². The summed E-state index contributed by atoms with van der Waals surface area (Å²) in [6.07, 6.45) is 1.42. The molecule has 28 heavy (non-hydrogen) atoms. The van der Waals surface area contributed by atoms with Crippen LogP contribution in [0.2, 0.25) is 0 Å². The summed E-state index contributed by atoms with van der Waals surface area (Å²) in [7, 11) is -3.09. The van der Waals surface area contributed by atoms with Crippen molar-refractivity contribution in [2.45, 2.75) is 27.7 Å². The molecule has 0 saturated carbocycles. The molecule has 0 aliphatic rings. The lowest BCUT2D eigenvalue weighted by atomic mass is 10.1. The van der Waals surface area contributed by atoms with Crippen molar-refractivity contribution in [1.82, 2.24) is 19.3 Å². The van der Waals surface area contributed by atoms with E-state index in [1.54, 1.807) is 0 Å². The van der Waals surface area contributed by atoms with Gasteiger partial charge < -0.3 is 4.98 Å². The van der Waals surface area contributed by atoms with Gasteiger partial charge >= 0.3 is 0 Å². The van der Waals surface area contributed by atoms with E-state index in [4.69, 9.17) is 0 Å². The van der Waals surface area contributed by atoms with Crippen molar-refractivity contribution in [3.05, 3.63) is 47.0 Å². The smallest absolute Gasteiger partial charge is 0.260 e. The molecule has 0 fully saturated rings. The lowest BCUT2D eigenvalue weighted by Crippen LogP contribution is -2.36. The van der Waals surface area contributed by atoms with Gasteiger partial charge in [0.15, 0.2) is 0 Å². The van der Waals surface area contributed by atoms with Gasteiger partial charge in [-0.05, 0) is 5.56 Å². The molecule has 6 nitrogen and oxygen atoms in total. The second-order valence-electron chi connectivity index (χ2n) is 6.38. The average Bonchev–Trinajstić information content (AvgIpc) is 3.12. The Morgan fingerprint density at radius 1 is 1.00 bits per heavy atom. The number of hydrogen-bond donors (Lipinski definition) is 1. The van der Waals surface area contributed by atoms with Crippen LogP contribution in [0.4, 0.5) is 0 Å². The van der Waals surface area contributed by atoms with Gasteiger partial charge in [-0.1, -0.05) is 58.0 Å². The van der Waals surface area contributed by atoms with Crippen LogP contribution in [0.5, 0.6) is 0 Å². The van der Waals surface area contributed by atoms with Crippen molar-refractivity contribution < 1.29 is 4.57 Å². The van der Waals surface area contributed by atoms with Crippen molar-refractivity contribution in [2.24, 2.45) is 0 Å². The Morgan fingerprint density at radius 3 is 2.11 bits per heavy atom. The summed E-state index contributed by atoms with van der Waals surface area (Å²) >= 11 is 1.38. The minimum atomic E-state index is -3.09. The minimum Gasteiger partial charge on any atom is -0.313 e. The molecule has 0 bridgehead atoms. The van der Waals surface area contributed by atoms with Crippen LogP contribution >= 0.6 is 18.8 Å². The molecule has 0 spiro atoms. The average molecular weight is 419 g/mol. The van der Waals surface area contributed by atoms with Gasteiger partial charge in [0.05, 0.1) is 11.7 Å². The van der Waals surface area contributed by atoms with Crippen LogP contribution in [0.25, 0.3) is 21.3 Å². The molecule has 8 heteroatoms. The van der Waals surface area contributed by atoms with Crippen LogP contribution in [-0.4, -0.2) is 45.5 Å². The number of hydrogen-bond acceptors (Lipinski definition) is 4. The molecule has 2 heterocycles. The lowest BCUT2D eigenvalue weighted by molar-refractivity contribution is 0.369. The van der Waals surface area contributed by atoms with Crippen LogP contribution in [0, 0.1) is 0 Å². The third-order valence-corrected chi connectivity index (χ3v) is 10.3. The third-order valence-electron chi connectivity index (χ3n) is 5.03. The first-order valence-electron chi connectivity index (χ1n) is 9.69. The fourth-order valence-corrected chi connectivity index (χ4v) is 8.93. The molecule has 0 saturated heterocycles. The highest BCUT2D eigenvalue weighted by molar-refractivity contribution is 7.74. The molecule has 0 aliphatic heterocycles. The first-order chi connectivity index (χ1) is 13.5. The summed E-state index contributed by atoms with van der Waals surface area (Å²) in [5, 5.41) is 0.522. The van der Waals surface area contributed by atoms with E-state index in [-0.39, 0.29) is 5.56 Å². The zero-order chi connectivity index (χ0) is 20.3. The van der Waals surface area contributed by atoms with Crippen LogP contribution < -0.4 is 10.2 Å². The Bertz CT molecular complexity index is 1020. The first-order valence-corrected chi connectivity index (χ1v) is 12.1. The summed E-state index contributed by atoms with van der Waals surface area (Å²) in [5.74, 6) is 0. The van der Waals surface area contributed by atoms with E-state index in [1.165, 1.54) is 17.7 Å². The number of nitrogens with zero attached hydrogens (tertiary/aromatic N) is 3. The van der Waals surface area contributed by atoms with E-state index in [1.807, 2.05) is 67.4 Å². The Kier molecular flexibility index (Phi) is 6.50. The van der Waals surface area contributed by atoms with Crippen LogP contribution in [0.15, 0.2) is 41.5 Å². The number of aromatic amines is 1. The van der Waals surface area contributed by atoms with Gasteiger partial charge in [0.25, 0.3) is 13.0 Å². The molecule has 0 radical (unpaired) electrons. The van der Waals surface area contributed by atoms with E-state index < -0.39 is 7.44 Å². The van der Waals surface area contributed by atoms with Crippen molar-refractivity contribution in [3.8, 4) is 11.1 Å². The Balaban J connectivity index is 2.45. The fourth-order valence-electron chi connectivity index (χ4n) is 3.66. The molecular weight excluding hydrogens is 391 g/mol. The summed E-state index contributed by atoms with van der Waals surface area (Å²) in [5.41, 5.74) is 1.44. The van der Waals surface area contributed by atoms with E-state index in [0.29, 0.717) is 36.4 Å². The molecule has 3 aromatic rings. The molecule has 0 unspecified atom stereocenters. The number of rotatable bonds is 8. The molecule has 0 amide bonds. The predicted octanol–water partition coefficient (Wildman–Crippen LogP) is 4.15. The van der Waals surface area contributed by atoms with Crippen LogP contribution in [0.3, 0.4) is 0 Å². The molecule has 3 rings (SSSR count). The monoisotopic (exact) mass is 418 g/mol. The molecular formula is C20H27N4O2PS. The minimum absolute atomic E-state index is 0.197. The highest BCUT2D eigenvalue weighted by atomic mass is 32.1. The van der Waals surface area contributed by atoms with Gasteiger partial charge in [-0.2, -0.15) is 0 Å². The largest absolute Gasteiger partial charge is 0.313 e. The second-order valence-corrected chi connectivity index (χ2v) is 10.4. The van der Waals surface area contributed by atoms with Crippen LogP contribution in [0.1, 0.15) is 27.7 Å². The summed E-state index contributed by atoms with van der Waals surface area (Å²) < 4.78 is 19.5. The van der Waals surface area contributed by atoms with E-state index in [0.717, 1.165) is 15.7 Å². The molecule has 150 valence electrons. The number of nitrogens with one attached hydrogen (secondary N) is 1. The zero-order valence-corrected chi connectivity index (χ0v) is 18.5. The maximum absolute atomic E-state index is 14.7. The molecule has 0 aliphatic carbocycles. The second kappa shape index (κ2) is 8.70. The zero-order valence-electron chi connectivity index (χ0n) is 16.8. The van der Waals surface area contributed by atoms with Gasteiger partial charge in [0, 0.05) is 31.7 Å². The number of benzene rings is 1. The lowest BCUT2D eigenvalue weighted by Gasteiger charge is -2.37. The highest BCUT2D eigenvalue weighted by Gasteiger charge is 2.41. The van der Waals surface area contributed by atoms with Gasteiger partial charge in [-0.25, -0.2) is 14.3 Å². The molecule has 1 N–H and O–H groups in total. The maximum Gasteiger partial charge on any atom is 0.260 e. The van der Waals surface area contributed by atoms with Gasteiger partial charge in [-0.3, -0.25) is 9.36 Å². The Morgan fingerprint density at radius 2 is 1.57 bits per heavy atom. The summed E-state index contributed by atoms with van der Waals surface area (Å²) in [4.78, 5) is 20.4. The Hall–Kier alpha value is -1.79. The highest BCUT2D eigenvalue weighted by Crippen LogP contribution is 2.56.